The lowest BCUT2D eigenvalue weighted by atomic mass is 9.99. The number of amides is 1. The molecular weight excluding hydrogens is 378 g/mol. The molecule has 0 aliphatic rings. The molecule has 7 heteroatoms. The van der Waals surface area contributed by atoms with Crippen LogP contribution in [0.4, 0.5) is 0 Å². The molecule has 2 rings (SSSR count). The molecule has 2 aromatic carbocycles. The first-order valence-electron chi connectivity index (χ1n) is 9.09. The molecule has 0 aliphatic heterocycles. The lowest BCUT2D eigenvalue weighted by molar-refractivity contribution is -0.149. The molecule has 0 saturated heterocycles. The number of hydrogen-bond acceptors (Lipinski definition) is 6. The summed E-state index contributed by atoms with van der Waals surface area (Å²) in [6.07, 6.45) is 0.697. The molecule has 0 spiro atoms. The second-order valence-corrected chi connectivity index (χ2v) is 7.46. The van der Waals surface area contributed by atoms with Gasteiger partial charge in [-0.2, -0.15) is 0 Å². The Bertz CT molecular complexity index is 838. The van der Waals surface area contributed by atoms with Gasteiger partial charge in [-0.1, -0.05) is 50.6 Å². The zero-order chi connectivity index (χ0) is 20.5. The zero-order valence-electron chi connectivity index (χ0n) is 16.3. The van der Waals surface area contributed by atoms with Crippen LogP contribution < -0.4 is 5.32 Å². The predicted octanol–water partition coefficient (Wildman–Crippen LogP) is 3.18. The second-order valence-electron chi connectivity index (χ2n) is 6.41. The van der Waals surface area contributed by atoms with Crippen molar-refractivity contribution in [2.45, 2.75) is 31.2 Å². The van der Waals surface area contributed by atoms with Crippen LogP contribution in [0.1, 0.15) is 20.3 Å². The minimum absolute atomic E-state index is 0.0874. The van der Waals surface area contributed by atoms with Crippen molar-refractivity contribution in [1.29, 1.82) is 0 Å². The Hall–Kier alpha value is -2.54. The van der Waals surface area contributed by atoms with Gasteiger partial charge in [0.15, 0.2) is 6.61 Å². The largest absolute Gasteiger partial charge is 0.467 e. The van der Waals surface area contributed by atoms with Gasteiger partial charge in [0.25, 0.3) is 5.91 Å². The summed E-state index contributed by atoms with van der Waals surface area (Å²) in [5, 5.41) is 4.80. The minimum Gasteiger partial charge on any atom is -0.467 e. The Kier molecular flexibility index (Phi) is 8.32. The smallest absolute Gasteiger partial charge is 0.328 e. The molecule has 28 heavy (non-hydrogen) atoms. The van der Waals surface area contributed by atoms with E-state index >= 15 is 0 Å². The van der Waals surface area contributed by atoms with Crippen LogP contribution in [-0.2, 0) is 23.9 Å². The van der Waals surface area contributed by atoms with E-state index in [0.717, 1.165) is 15.7 Å². The molecular formula is C21H25NO5S. The average molecular weight is 404 g/mol. The number of carbonyl (C=O) groups is 3. The van der Waals surface area contributed by atoms with Crippen LogP contribution in [0.2, 0.25) is 0 Å². The van der Waals surface area contributed by atoms with E-state index in [0.29, 0.717) is 6.42 Å². The quantitative estimate of drug-likeness (QED) is 0.512. The number of esters is 2. The second kappa shape index (κ2) is 10.7. The van der Waals surface area contributed by atoms with Crippen molar-refractivity contribution >= 4 is 40.4 Å². The van der Waals surface area contributed by atoms with Gasteiger partial charge < -0.3 is 14.8 Å². The van der Waals surface area contributed by atoms with E-state index in [1.54, 1.807) is 0 Å². The van der Waals surface area contributed by atoms with E-state index in [1.165, 1.54) is 18.9 Å². The number of benzene rings is 2. The standard InChI is InChI=1S/C21H25NO5S/c1-4-14(2)20(21(25)26-3)22-18(23)12-27-19(24)13-28-17-10-9-15-7-5-6-8-16(15)11-17/h5-11,14,20H,4,12-13H2,1-3H3,(H,22,23)/t14-,20+/m1/s1. The van der Waals surface area contributed by atoms with Gasteiger partial charge in [0.1, 0.15) is 6.04 Å². The lowest BCUT2D eigenvalue weighted by Crippen LogP contribution is -2.47. The summed E-state index contributed by atoms with van der Waals surface area (Å²) in [5.74, 6) is -1.53. The number of hydrogen-bond donors (Lipinski definition) is 1. The SMILES string of the molecule is CC[C@@H](C)[C@H](NC(=O)COC(=O)CSc1ccc2ccccc2c1)C(=O)OC. The van der Waals surface area contributed by atoms with Gasteiger partial charge in [-0.25, -0.2) is 4.79 Å². The van der Waals surface area contributed by atoms with Crippen LogP contribution in [-0.4, -0.2) is 43.4 Å². The van der Waals surface area contributed by atoms with E-state index in [4.69, 9.17) is 9.47 Å². The average Bonchev–Trinajstić information content (AvgIpc) is 2.73. The highest BCUT2D eigenvalue weighted by molar-refractivity contribution is 8.00. The van der Waals surface area contributed by atoms with E-state index in [-0.39, 0.29) is 11.7 Å². The monoisotopic (exact) mass is 403 g/mol. The topological polar surface area (TPSA) is 81.7 Å². The van der Waals surface area contributed by atoms with Gasteiger partial charge in [-0.3, -0.25) is 9.59 Å². The third-order valence-corrected chi connectivity index (χ3v) is 5.39. The highest BCUT2D eigenvalue weighted by Gasteiger charge is 2.26. The van der Waals surface area contributed by atoms with Crippen molar-refractivity contribution < 1.29 is 23.9 Å². The summed E-state index contributed by atoms with van der Waals surface area (Å²) in [5.41, 5.74) is 0. The van der Waals surface area contributed by atoms with Crippen LogP contribution >= 0.6 is 11.8 Å². The Morgan fingerprint density at radius 1 is 1.11 bits per heavy atom. The molecule has 0 aromatic heterocycles. The summed E-state index contributed by atoms with van der Waals surface area (Å²) in [7, 11) is 1.27. The van der Waals surface area contributed by atoms with Gasteiger partial charge in [0.05, 0.1) is 12.9 Å². The molecule has 6 nitrogen and oxygen atoms in total. The van der Waals surface area contributed by atoms with Crippen LogP contribution in [0.3, 0.4) is 0 Å². The molecule has 0 radical (unpaired) electrons. The van der Waals surface area contributed by atoms with Crippen LogP contribution in [0.15, 0.2) is 47.4 Å². The van der Waals surface area contributed by atoms with Crippen molar-refractivity contribution in [1.82, 2.24) is 5.32 Å². The molecule has 1 N–H and O–H groups in total. The summed E-state index contributed by atoms with van der Waals surface area (Å²) < 4.78 is 9.73. The van der Waals surface area contributed by atoms with Gasteiger partial charge in [0.2, 0.25) is 0 Å². The number of nitrogens with one attached hydrogen (secondary N) is 1. The fraction of sp³-hybridized carbons (Fsp3) is 0.381. The predicted molar refractivity (Wildman–Crippen MR) is 109 cm³/mol. The van der Waals surface area contributed by atoms with E-state index in [9.17, 15) is 14.4 Å². The molecule has 0 unspecified atom stereocenters. The number of fused-ring (bicyclic) bond motifs is 1. The van der Waals surface area contributed by atoms with Crippen LogP contribution in [0.25, 0.3) is 10.8 Å². The Morgan fingerprint density at radius 3 is 2.50 bits per heavy atom. The van der Waals surface area contributed by atoms with Gasteiger partial charge in [0, 0.05) is 4.90 Å². The Balaban J connectivity index is 1.80. The third-order valence-electron chi connectivity index (χ3n) is 4.43. The van der Waals surface area contributed by atoms with Crippen molar-refractivity contribution in [3.63, 3.8) is 0 Å². The van der Waals surface area contributed by atoms with Crippen LogP contribution in [0, 0.1) is 5.92 Å². The maximum absolute atomic E-state index is 12.0. The van der Waals surface area contributed by atoms with Crippen molar-refractivity contribution in [3.05, 3.63) is 42.5 Å². The first-order valence-corrected chi connectivity index (χ1v) is 10.1. The number of thioether (sulfide) groups is 1. The molecule has 0 saturated carbocycles. The lowest BCUT2D eigenvalue weighted by Gasteiger charge is -2.21. The van der Waals surface area contributed by atoms with Gasteiger partial charge in [-0.15, -0.1) is 11.8 Å². The highest BCUT2D eigenvalue weighted by Crippen LogP contribution is 2.23. The molecule has 0 aliphatic carbocycles. The third kappa shape index (κ3) is 6.27. The zero-order valence-corrected chi connectivity index (χ0v) is 17.1. The molecule has 0 heterocycles. The Morgan fingerprint density at radius 2 is 1.82 bits per heavy atom. The number of rotatable bonds is 9. The fourth-order valence-electron chi connectivity index (χ4n) is 2.60. The first-order chi connectivity index (χ1) is 13.4. The summed E-state index contributed by atoms with van der Waals surface area (Å²) in [6.45, 7) is 3.33. The minimum atomic E-state index is -0.756. The molecule has 1 amide bonds. The number of ether oxygens (including phenoxy) is 2. The molecule has 2 aromatic rings. The number of methoxy groups -OCH3 is 1. The molecule has 0 fully saturated rings. The van der Waals surface area contributed by atoms with Gasteiger partial charge in [-0.05, 0) is 28.8 Å². The fourth-order valence-corrected chi connectivity index (χ4v) is 3.34. The number of carbonyl (C=O) groups excluding carboxylic acids is 3. The van der Waals surface area contributed by atoms with Crippen molar-refractivity contribution in [3.8, 4) is 0 Å². The van der Waals surface area contributed by atoms with Crippen molar-refractivity contribution in [2.24, 2.45) is 5.92 Å². The van der Waals surface area contributed by atoms with E-state index in [2.05, 4.69) is 5.32 Å². The summed E-state index contributed by atoms with van der Waals surface area (Å²) >= 11 is 1.35. The molecule has 2 atom stereocenters. The first kappa shape index (κ1) is 21.8. The Labute approximate surface area is 169 Å². The highest BCUT2D eigenvalue weighted by atomic mass is 32.2. The normalized spacial score (nSPS) is 12.8. The molecule has 150 valence electrons. The van der Waals surface area contributed by atoms with E-state index in [1.807, 2.05) is 56.3 Å². The van der Waals surface area contributed by atoms with Crippen LogP contribution in [0.5, 0.6) is 0 Å². The summed E-state index contributed by atoms with van der Waals surface area (Å²) in [4.78, 5) is 36.7. The van der Waals surface area contributed by atoms with Gasteiger partial charge >= 0.3 is 11.9 Å². The maximum Gasteiger partial charge on any atom is 0.328 e. The van der Waals surface area contributed by atoms with Crippen molar-refractivity contribution in [2.75, 3.05) is 19.5 Å². The maximum atomic E-state index is 12.0. The summed E-state index contributed by atoms with van der Waals surface area (Å²) in [6, 6.07) is 13.2. The van der Waals surface area contributed by atoms with E-state index < -0.39 is 30.5 Å². The molecule has 0 bridgehead atoms.